The van der Waals surface area contributed by atoms with E-state index in [1.165, 1.54) is 18.6 Å². The van der Waals surface area contributed by atoms with Crippen LogP contribution in [0.5, 0.6) is 11.5 Å². The number of hydrogen-bond donors (Lipinski definition) is 1. The fraction of sp³-hybridized carbons (Fsp3) is 0.364. The second-order valence-electron chi connectivity index (χ2n) is 3.49. The van der Waals surface area contributed by atoms with Crippen molar-refractivity contribution < 1.29 is 9.84 Å². The van der Waals surface area contributed by atoms with Gasteiger partial charge in [0.05, 0.1) is 6.10 Å². The fourth-order valence-corrected chi connectivity index (χ4v) is 1.30. The first-order valence-electron chi connectivity index (χ1n) is 4.76. The molecule has 1 aliphatic rings. The van der Waals surface area contributed by atoms with Gasteiger partial charge in [0.25, 0.3) is 0 Å². The van der Waals surface area contributed by atoms with Crippen molar-refractivity contribution in [2.75, 3.05) is 0 Å². The Morgan fingerprint density at radius 2 is 1.93 bits per heavy atom. The lowest BCUT2D eigenvalue weighted by atomic mass is 9.96. The van der Waals surface area contributed by atoms with Crippen molar-refractivity contribution in [2.45, 2.75) is 25.4 Å². The van der Waals surface area contributed by atoms with E-state index in [0.29, 0.717) is 5.75 Å². The molecule has 0 heterocycles. The molecule has 3 heteroatoms. The van der Waals surface area contributed by atoms with E-state index in [9.17, 15) is 4.79 Å². The van der Waals surface area contributed by atoms with E-state index in [1.54, 1.807) is 12.1 Å². The van der Waals surface area contributed by atoms with Crippen molar-refractivity contribution in [1.82, 2.24) is 0 Å². The average molecular weight is 192 g/mol. The molecule has 0 aromatic heterocycles. The predicted molar refractivity (Wildman–Crippen MR) is 52.6 cm³/mol. The molecular weight excluding hydrogens is 180 g/mol. The van der Waals surface area contributed by atoms with E-state index in [-0.39, 0.29) is 17.3 Å². The molecule has 3 nitrogen and oxygen atoms in total. The lowest BCUT2D eigenvalue weighted by molar-refractivity contribution is 0.120. The summed E-state index contributed by atoms with van der Waals surface area (Å²) in [7, 11) is 0. The number of aromatic hydroxyl groups is 1. The molecule has 0 atom stereocenters. The third-order valence-corrected chi connectivity index (χ3v) is 2.41. The summed E-state index contributed by atoms with van der Waals surface area (Å²) in [5.41, 5.74) is -0.381. The van der Waals surface area contributed by atoms with Crippen molar-refractivity contribution in [3.05, 3.63) is 34.5 Å². The van der Waals surface area contributed by atoms with Gasteiger partial charge in [-0.2, -0.15) is 0 Å². The van der Waals surface area contributed by atoms with Crippen LogP contribution in [-0.2, 0) is 0 Å². The molecule has 1 aliphatic carbocycles. The highest BCUT2D eigenvalue weighted by Crippen LogP contribution is 2.24. The van der Waals surface area contributed by atoms with Gasteiger partial charge in [-0.1, -0.05) is 0 Å². The van der Waals surface area contributed by atoms with Gasteiger partial charge in [-0.25, -0.2) is 0 Å². The van der Waals surface area contributed by atoms with E-state index in [1.807, 2.05) is 0 Å². The largest absolute Gasteiger partial charge is 0.504 e. The van der Waals surface area contributed by atoms with Crippen LogP contribution < -0.4 is 10.2 Å². The SMILES string of the molecule is O=c1ccc(OC2CCC2)ccc1O. The van der Waals surface area contributed by atoms with Crippen molar-refractivity contribution in [3.8, 4) is 11.5 Å². The van der Waals surface area contributed by atoms with E-state index in [4.69, 9.17) is 9.84 Å². The Hall–Kier alpha value is -1.51. The Labute approximate surface area is 82.0 Å². The smallest absolute Gasteiger partial charge is 0.220 e. The topological polar surface area (TPSA) is 46.5 Å². The third-order valence-electron chi connectivity index (χ3n) is 2.41. The normalized spacial score (nSPS) is 16.0. The van der Waals surface area contributed by atoms with Gasteiger partial charge >= 0.3 is 0 Å². The summed E-state index contributed by atoms with van der Waals surface area (Å²) in [5.74, 6) is 0.403. The third kappa shape index (κ3) is 1.87. The highest BCUT2D eigenvalue weighted by Gasteiger charge is 2.18. The quantitative estimate of drug-likeness (QED) is 0.775. The van der Waals surface area contributed by atoms with Crippen LogP contribution in [0.15, 0.2) is 29.1 Å². The zero-order chi connectivity index (χ0) is 9.97. The van der Waals surface area contributed by atoms with Gasteiger partial charge in [0.1, 0.15) is 5.75 Å². The molecule has 1 aromatic carbocycles. The van der Waals surface area contributed by atoms with Gasteiger partial charge in [0.2, 0.25) is 5.43 Å². The van der Waals surface area contributed by atoms with Crippen molar-refractivity contribution in [2.24, 2.45) is 0 Å². The Morgan fingerprint density at radius 1 is 1.21 bits per heavy atom. The second kappa shape index (κ2) is 3.70. The lowest BCUT2D eigenvalue weighted by Gasteiger charge is -2.25. The van der Waals surface area contributed by atoms with Crippen LogP contribution >= 0.6 is 0 Å². The molecule has 0 spiro atoms. The molecule has 0 bridgehead atoms. The van der Waals surface area contributed by atoms with Gasteiger partial charge in [-0.15, -0.1) is 0 Å². The van der Waals surface area contributed by atoms with Crippen molar-refractivity contribution in [3.63, 3.8) is 0 Å². The van der Waals surface area contributed by atoms with Gasteiger partial charge in [-0.05, 0) is 43.5 Å². The van der Waals surface area contributed by atoms with Crippen LogP contribution in [0.1, 0.15) is 19.3 Å². The summed E-state index contributed by atoms with van der Waals surface area (Å²) >= 11 is 0. The van der Waals surface area contributed by atoms with Crippen molar-refractivity contribution >= 4 is 0 Å². The minimum atomic E-state index is -0.381. The van der Waals surface area contributed by atoms with Crippen molar-refractivity contribution in [1.29, 1.82) is 0 Å². The van der Waals surface area contributed by atoms with Gasteiger partial charge in [-0.3, -0.25) is 4.79 Å². The molecule has 0 saturated heterocycles. The molecule has 0 radical (unpaired) electrons. The maximum Gasteiger partial charge on any atom is 0.220 e. The summed E-state index contributed by atoms with van der Waals surface area (Å²) in [4.78, 5) is 11.0. The molecule has 1 aromatic rings. The summed E-state index contributed by atoms with van der Waals surface area (Å²) in [6.07, 6.45) is 3.65. The minimum absolute atomic E-state index is 0.242. The molecule has 1 saturated carbocycles. The highest BCUT2D eigenvalue weighted by molar-refractivity contribution is 5.27. The first-order chi connectivity index (χ1) is 6.75. The molecule has 0 aliphatic heterocycles. The van der Waals surface area contributed by atoms with Crippen LogP contribution in [0.2, 0.25) is 0 Å². The van der Waals surface area contributed by atoms with Gasteiger partial charge in [0, 0.05) is 0 Å². The van der Waals surface area contributed by atoms with Crippen LogP contribution in [0.25, 0.3) is 0 Å². The van der Waals surface area contributed by atoms with Gasteiger partial charge in [0.15, 0.2) is 5.75 Å². The van der Waals surface area contributed by atoms with E-state index in [0.717, 1.165) is 12.8 Å². The first-order valence-corrected chi connectivity index (χ1v) is 4.76. The Morgan fingerprint density at radius 3 is 2.57 bits per heavy atom. The highest BCUT2D eigenvalue weighted by atomic mass is 16.5. The molecule has 1 N–H and O–H groups in total. The molecule has 74 valence electrons. The molecular formula is C11H12O3. The zero-order valence-electron chi connectivity index (χ0n) is 7.77. The zero-order valence-corrected chi connectivity index (χ0v) is 7.77. The summed E-state index contributed by atoms with van der Waals surface area (Å²) in [6, 6.07) is 5.91. The molecule has 1 fully saturated rings. The van der Waals surface area contributed by atoms with Crippen LogP contribution in [0.4, 0.5) is 0 Å². The minimum Gasteiger partial charge on any atom is -0.504 e. The van der Waals surface area contributed by atoms with Gasteiger partial charge < -0.3 is 9.84 Å². The molecule has 14 heavy (non-hydrogen) atoms. The van der Waals surface area contributed by atoms with Crippen LogP contribution in [0.3, 0.4) is 0 Å². The average Bonchev–Trinajstić information content (AvgIpc) is 2.25. The lowest BCUT2D eigenvalue weighted by Crippen LogP contribution is -2.24. The molecule has 0 amide bonds. The first kappa shape index (κ1) is 9.06. The van der Waals surface area contributed by atoms with Crippen LogP contribution in [-0.4, -0.2) is 11.2 Å². The van der Waals surface area contributed by atoms with Crippen LogP contribution in [0, 0.1) is 0 Å². The second-order valence-corrected chi connectivity index (χ2v) is 3.49. The standard InChI is InChI=1S/C11H12O3/c12-10-6-4-9(5-7-11(10)13)14-8-2-1-3-8/h4-8H,1-3H2,(H,12,13). The number of hydrogen-bond acceptors (Lipinski definition) is 3. The maximum atomic E-state index is 11.0. The maximum absolute atomic E-state index is 11.0. The number of ether oxygens (including phenoxy) is 1. The summed E-state index contributed by atoms with van der Waals surface area (Å²) in [6.45, 7) is 0. The Bertz CT molecular complexity index is 383. The van der Waals surface area contributed by atoms with E-state index >= 15 is 0 Å². The Balaban J connectivity index is 2.18. The molecule has 2 rings (SSSR count). The molecule has 0 unspecified atom stereocenters. The summed E-state index contributed by atoms with van der Waals surface area (Å²) < 4.78 is 5.57. The number of rotatable bonds is 2. The fourth-order valence-electron chi connectivity index (χ4n) is 1.30. The monoisotopic (exact) mass is 192 g/mol. The summed E-state index contributed by atoms with van der Waals surface area (Å²) in [5, 5.41) is 9.14. The van der Waals surface area contributed by atoms with E-state index in [2.05, 4.69) is 0 Å². The predicted octanol–water partition coefficient (Wildman–Crippen LogP) is 1.68. The van der Waals surface area contributed by atoms with E-state index < -0.39 is 0 Å². The Kier molecular flexibility index (Phi) is 2.39.